The van der Waals surface area contributed by atoms with Crippen molar-refractivity contribution in [1.29, 1.82) is 0 Å². The second kappa shape index (κ2) is 6.26. The molecule has 0 unspecified atom stereocenters. The van der Waals surface area contributed by atoms with Crippen LogP contribution in [0, 0.1) is 0 Å². The summed E-state index contributed by atoms with van der Waals surface area (Å²) < 4.78 is 5.91. The minimum atomic E-state index is 0.719. The van der Waals surface area contributed by atoms with Crippen molar-refractivity contribution in [2.24, 2.45) is 0 Å². The molecule has 0 radical (unpaired) electrons. The molecule has 0 saturated heterocycles. The minimum absolute atomic E-state index is 0.719. The average molecular weight is 326 g/mol. The summed E-state index contributed by atoms with van der Waals surface area (Å²) in [6.07, 6.45) is 1.00. The third kappa shape index (κ3) is 3.27. The lowest BCUT2D eigenvalue weighted by molar-refractivity contribution is 0.478. The Morgan fingerprint density at radius 1 is 1.17 bits per heavy atom. The van der Waals surface area contributed by atoms with Gasteiger partial charge in [-0.2, -0.15) is 0 Å². The predicted octanol–water partition coefficient (Wildman–Crippen LogP) is 5.59. The highest BCUT2D eigenvalue weighted by molar-refractivity contribution is 9.08. The lowest BCUT2D eigenvalue weighted by Gasteiger charge is -2.10. The fourth-order valence-electron chi connectivity index (χ4n) is 1.71. The van der Waals surface area contributed by atoms with E-state index in [4.69, 9.17) is 16.3 Å². The zero-order valence-corrected chi connectivity index (χ0v) is 12.5. The summed E-state index contributed by atoms with van der Waals surface area (Å²) >= 11 is 9.42. The Balaban J connectivity index is 2.27. The third-order valence-electron chi connectivity index (χ3n) is 2.70. The van der Waals surface area contributed by atoms with Gasteiger partial charge in [0.25, 0.3) is 0 Å². The zero-order valence-electron chi connectivity index (χ0n) is 10.1. The maximum absolute atomic E-state index is 5.97. The Bertz CT molecular complexity index is 540. The van der Waals surface area contributed by atoms with Gasteiger partial charge < -0.3 is 4.74 Å². The number of alkyl halides is 1. The molecule has 0 bridgehead atoms. The smallest absolute Gasteiger partial charge is 0.131 e. The van der Waals surface area contributed by atoms with Gasteiger partial charge >= 0.3 is 0 Å². The fourth-order valence-corrected chi connectivity index (χ4v) is 2.34. The van der Waals surface area contributed by atoms with Gasteiger partial charge in [0.2, 0.25) is 0 Å². The minimum Gasteiger partial charge on any atom is -0.457 e. The molecule has 0 aliphatic rings. The molecule has 1 nitrogen and oxygen atoms in total. The standard InChI is InChI=1S/C15H14BrClO/c1-2-11-4-3-5-14(8-11)18-15-7-6-13(17)9-12(15)10-16/h3-9H,2,10H2,1H3. The van der Waals surface area contributed by atoms with E-state index in [1.165, 1.54) is 5.56 Å². The highest BCUT2D eigenvalue weighted by atomic mass is 79.9. The van der Waals surface area contributed by atoms with Crippen LogP contribution in [-0.2, 0) is 11.8 Å². The Hall–Kier alpha value is -0.990. The Morgan fingerprint density at radius 2 is 2.00 bits per heavy atom. The number of aryl methyl sites for hydroxylation is 1. The quantitative estimate of drug-likeness (QED) is 0.666. The molecule has 2 aromatic carbocycles. The Kier molecular flexibility index (Phi) is 4.67. The molecule has 3 heteroatoms. The molecule has 0 fully saturated rings. The largest absolute Gasteiger partial charge is 0.457 e. The van der Waals surface area contributed by atoms with E-state index in [-0.39, 0.29) is 0 Å². The molecule has 0 aliphatic carbocycles. The van der Waals surface area contributed by atoms with E-state index in [0.717, 1.165) is 33.8 Å². The second-order valence-electron chi connectivity index (χ2n) is 3.99. The van der Waals surface area contributed by atoms with Gasteiger partial charge in [0.15, 0.2) is 0 Å². The van der Waals surface area contributed by atoms with Gasteiger partial charge in [-0.3, -0.25) is 0 Å². The van der Waals surface area contributed by atoms with Crippen molar-refractivity contribution in [3.63, 3.8) is 0 Å². The monoisotopic (exact) mass is 324 g/mol. The summed E-state index contributed by atoms with van der Waals surface area (Å²) in [5.74, 6) is 1.70. The molecule has 0 amide bonds. The molecule has 18 heavy (non-hydrogen) atoms. The van der Waals surface area contributed by atoms with Crippen LogP contribution in [0.15, 0.2) is 42.5 Å². The van der Waals surface area contributed by atoms with Crippen LogP contribution in [0.2, 0.25) is 5.02 Å². The van der Waals surface area contributed by atoms with Crippen LogP contribution in [0.1, 0.15) is 18.1 Å². The van der Waals surface area contributed by atoms with Gasteiger partial charge in [-0.25, -0.2) is 0 Å². The van der Waals surface area contributed by atoms with Crippen LogP contribution in [0.4, 0.5) is 0 Å². The molecule has 0 aliphatic heterocycles. The second-order valence-corrected chi connectivity index (χ2v) is 4.99. The van der Waals surface area contributed by atoms with E-state index in [1.807, 2.05) is 30.3 Å². The normalized spacial score (nSPS) is 10.4. The maximum atomic E-state index is 5.97. The molecular weight excluding hydrogens is 312 g/mol. The van der Waals surface area contributed by atoms with Gasteiger partial charge in [-0.05, 0) is 42.3 Å². The van der Waals surface area contributed by atoms with E-state index in [1.54, 1.807) is 0 Å². The first-order chi connectivity index (χ1) is 8.72. The number of rotatable bonds is 4. The first-order valence-corrected chi connectivity index (χ1v) is 7.34. The number of halogens is 2. The number of hydrogen-bond donors (Lipinski definition) is 0. The van der Waals surface area contributed by atoms with Crippen LogP contribution in [0.25, 0.3) is 0 Å². The lowest BCUT2D eigenvalue weighted by atomic mass is 10.1. The molecular formula is C15H14BrClO. The van der Waals surface area contributed by atoms with E-state index < -0.39 is 0 Å². The summed E-state index contributed by atoms with van der Waals surface area (Å²) in [5.41, 5.74) is 2.31. The molecule has 2 rings (SSSR count). The van der Waals surface area contributed by atoms with Crippen molar-refractivity contribution in [1.82, 2.24) is 0 Å². The van der Waals surface area contributed by atoms with Gasteiger partial charge in [-0.1, -0.05) is 46.6 Å². The molecule has 0 aromatic heterocycles. The summed E-state index contributed by atoms with van der Waals surface area (Å²) in [7, 11) is 0. The summed E-state index contributed by atoms with van der Waals surface area (Å²) in [6, 6.07) is 13.8. The molecule has 0 heterocycles. The molecule has 0 N–H and O–H groups in total. The van der Waals surface area contributed by atoms with Gasteiger partial charge in [-0.15, -0.1) is 0 Å². The maximum Gasteiger partial charge on any atom is 0.131 e. The fraction of sp³-hybridized carbons (Fsp3) is 0.200. The molecule has 0 atom stereocenters. The van der Waals surface area contributed by atoms with E-state index in [0.29, 0.717) is 0 Å². The molecule has 0 saturated carbocycles. The Labute approximate surface area is 121 Å². The highest BCUT2D eigenvalue weighted by Crippen LogP contribution is 2.29. The number of ether oxygens (including phenoxy) is 1. The first-order valence-electron chi connectivity index (χ1n) is 5.84. The topological polar surface area (TPSA) is 9.23 Å². The van der Waals surface area contributed by atoms with Crippen molar-refractivity contribution in [3.05, 3.63) is 58.6 Å². The van der Waals surface area contributed by atoms with Crippen molar-refractivity contribution in [2.45, 2.75) is 18.7 Å². The van der Waals surface area contributed by atoms with Crippen LogP contribution < -0.4 is 4.74 Å². The van der Waals surface area contributed by atoms with E-state index in [9.17, 15) is 0 Å². The van der Waals surface area contributed by atoms with Crippen LogP contribution >= 0.6 is 27.5 Å². The number of benzene rings is 2. The van der Waals surface area contributed by atoms with Crippen LogP contribution in [-0.4, -0.2) is 0 Å². The first kappa shape index (κ1) is 13.4. The Morgan fingerprint density at radius 3 is 2.72 bits per heavy atom. The zero-order chi connectivity index (χ0) is 13.0. The summed E-state index contributed by atoms with van der Waals surface area (Å²) in [5, 5.41) is 1.44. The van der Waals surface area contributed by atoms with Crippen molar-refractivity contribution < 1.29 is 4.74 Å². The molecule has 94 valence electrons. The van der Waals surface area contributed by atoms with Crippen LogP contribution in [0.3, 0.4) is 0 Å². The summed E-state index contributed by atoms with van der Waals surface area (Å²) in [6.45, 7) is 2.13. The van der Waals surface area contributed by atoms with Crippen molar-refractivity contribution in [3.8, 4) is 11.5 Å². The van der Waals surface area contributed by atoms with Gasteiger partial charge in [0, 0.05) is 15.9 Å². The van der Waals surface area contributed by atoms with E-state index >= 15 is 0 Å². The van der Waals surface area contributed by atoms with Gasteiger partial charge in [0.1, 0.15) is 11.5 Å². The third-order valence-corrected chi connectivity index (χ3v) is 3.54. The highest BCUT2D eigenvalue weighted by Gasteiger charge is 2.05. The van der Waals surface area contributed by atoms with Crippen LogP contribution in [0.5, 0.6) is 11.5 Å². The van der Waals surface area contributed by atoms with Crippen molar-refractivity contribution in [2.75, 3.05) is 0 Å². The lowest BCUT2D eigenvalue weighted by Crippen LogP contribution is -1.90. The van der Waals surface area contributed by atoms with Crippen molar-refractivity contribution >= 4 is 27.5 Å². The average Bonchev–Trinajstić information content (AvgIpc) is 2.41. The summed E-state index contributed by atoms with van der Waals surface area (Å²) in [4.78, 5) is 0. The van der Waals surface area contributed by atoms with E-state index in [2.05, 4.69) is 35.0 Å². The predicted molar refractivity (Wildman–Crippen MR) is 80.0 cm³/mol. The SMILES string of the molecule is CCc1cccc(Oc2ccc(Cl)cc2CBr)c1. The number of hydrogen-bond acceptors (Lipinski definition) is 1. The van der Waals surface area contributed by atoms with Gasteiger partial charge in [0.05, 0.1) is 0 Å². The molecule has 2 aromatic rings. The molecule has 0 spiro atoms.